The summed E-state index contributed by atoms with van der Waals surface area (Å²) in [6, 6.07) is 9.70. The van der Waals surface area contributed by atoms with Gasteiger partial charge in [0.15, 0.2) is 0 Å². The van der Waals surface area contributed by atoms with Crippen LogP contribution >= 0.6 is 0 Å². The zero-order valence-corrected chi connectivity index (χ0v) is 15.9. The number of amides is 2. The molecule has 2 aromatic carbocycles. The van der Waals surface area contributed by atoms with Crippen LogP contribution in [0.4, 0.5) is 28.9 Å². The first kappa shape index (κ1) is 20.3. The maximum Gasteiger partial charge on any atom is 0.416 e. The first-order valence-corrected chi connectivity index (χ1v) is 9.52. The molecule has 158 valence electrons. The van der Waals surface area contributed by atoms with E-state index in [4.69, 9.17) is 0 Å². The Kier molecular flexibility index (Phi) is 5.23. The first-order valence-electron chi connectivity index (χ1n) is 9.52. The molecule has 0 aliphatic carbocycles. The normalized spacial score (nSPS) is 20.9. The number of benzene rings is 2. The third-order valence-electron chi connectivity index (χ3n) is 5.50. The van der Waals surface area contributed by atoms with Crippen molar-refractivity contribution in [2.24, 2.45) is 0 Å². The van der Waals surface area contributed by atoms with Gasteiger partial charge in [0.25, 0.3) is 5.91 Å². The van der Waals surface area contributed by atoms with Gasteiger partial charge in [0, 0.05) is 31.9 Å². The molecule has 0 aromatic heterocycles. The highest BCUT2D eigenvalue weighted by molar-refractivity contribution is 6.22. The van der Waals surface area contributed by atoms with Gasteiger partial charge in [-0.15, -0.1) is 0 Å². The lowest BCUT2D eigenvalue weighted by Crippen LogP contribution is -2.52. The number of hydrogen-bond acceptors (Lipinski definition) is 4. The van der Waals surface area contributed by atoms with Gasteiger partial charge in [-0.2, -0.15) is 13.2 Å². The van der Waals surface area contributed by atoms with Gasteiger partial charge >= 0.3 is 6.18 Å². The van der Waals surface area contributed by atoms with Crippen molar-refractivity contribution in [1.82, 2.24) is 4.90 Å². The van der Waals surface area contributed by atoms with Gasteiger partial charge in [-0.25, -0.2) is 9.29 Å². The zero-order chi connectivity index (χ0) is 21.5. The van der Waals surface area contributed by atoms with Crippen molar-refractivity contribution in [3.05, 3.63) is 59.9 Å². The largest absolute Gasteiger partial charge is 0.416 e. The Morgan fingerprint density at radius 2 is 1.53 bits per heavy atom. The molecule has 2 amide bonds. The number of piperazine rings is 1. The molecule has 30 heavy (non-hydrogen) atoms. The van der Waals surface area contributed by atoms with E-state index in [-0.39, 0.29) is 18.2 Å². The number of alkyl halides is 3. The summed E-state index contributed by atoms with van der Waals surface area (Å²) in [6.45, 7) is 1.76. The van der Waals surface area contributed by atoms with Crippen molar-refractivity contribution < 1.29 is 27.2 Å². The Morgan fingerprint density at radius 3 is 2.17 bits per heavy atom. The number of anilines is 2. The summed E-state index contributed by atoms with van der Waals surface area (Å²) in [4.78, 5) is 30.0. The van der Waals surface area contributed by atoms with Gasteiger partial charge in [-0.05, 0) is 42.5 Å². The fourth-order valence-electron chi connectivity index (χ4n) is 3.93. The molecular weight excluding hydrogens is 402 g/mol. The van der Waals surface area contributed by atoms with Gasteiger partial charge in [0.1, 0.15) is 5.82 Å². The van der Waals surface area contributed by atoms with Crippen molar-refractivity contribution >= 4 is 23.2 Å². The van der Waals surface area contributed by atoms with Crippen LogP contribution in [-0.4, -0.2) is 48.9 Å². The molecule has 0 radical (unpaired) electrons. The Morgan fingerprint density at radius 1 is 0.867 bits per heavy atom. The molecule has 1 atom stereocenters. The van der Waals surface area contributed by atoms with Crippen LogP contribution < -0.4 is 9.80 Å². The van der Waals surface area contributed by atoms with Crippen LogP contribution in [0.3, 0.4) is 0 Å². The summed E-state index contributed by atoms with van der Waals surface area (Å²) in [6.07, 6.45) is -4.38. The SMILES string of the molecule is O=C1C[C@@H](N2CCN(c3cccc(C(F)(F)F)c3)CC2)C(=O)N1c1ccc(F)cc1. The number of hydrogen-bond donors (Lipinski definition) is 0. The maximum absolute atomic E-state index is 13.1. The summed E-state index contributed by atoms with van der Waals surface area (Å²) in [5.41, 5.74) is 0.108. The molecule has 0 unspecified atom stereocenters. The van der Waals surface area contributed by atoms with Gasteiger partial charge in [0.2, 0.25) is 5.91 Å². The summed E-state index contributed by atoms with van der Waals surface area (Å²) in [7, 11) is 0. The standard InChI is InChI=1S/C21H19F4N3O2/c22-15-4-6-16(7-5-15)28-19(29)13-18(20(28)30)27-10-8-26(9-11-27)17-3-1-2-14(12-17)21(23,24)25/h1-7,12,18H,8-11,13H2/t18-/m1/s1. The second-order valence-electron chi connectivity index (χ2n) is 7.33. The topological polar surface area (TPSA) is 43.9 Å². The van der Waals surface area contributed by atoms with Crippen molar-refractivity contribution in [2.75, 3.05) is 36.0 Å². The lowest BCUT2D eigenvalue weighted by molar-refractivity contribution is -0.137. The van der Waals surface area contributed by atoms with E-state index >= 15 is 0 Å². The van der Waals surface area contributed by atoms with Crippen molar-refractivity contribution in [3.63, 3.8) is 0 Å². The number of imide groups is 1. The maximum atomic E-state index is 13.1. The van der Waals surface area contributed by atoms with Gasteiger partial charge in [-0.1, -0.05) is 6.07 Å². The van der Waals surface area contributed by atoms with E-state index in [0.717, 1.165) is 17.0 Å². The highest BCUT2D eigenvalue weighted by Crippen LogP contribution is 2.32. The van der Waals surface area contributed by atoms with E-state index in [0.29, 0.717) is 37.6 Å². The predicted molar refractivity (Wildman–Crippen MR) is 103 cm³/mol. The van der Waals surface area contributed by atoms with E-state index < -0.39 is 23.6 Å². The predicted octanol–water partition coefficient (Wildman–Crippen LogP) is 3.30. The van der Waals surface area contributed by atoms with Crippen LogP contribution in [0.5, 0.6) is 0 Å². The monoisotopic (exact) mass is 421 g/mol. The van der Waals surface area contributed by atoms with E-state index in [1.54, 1.807) is 6.07 Å². The Labute approximate surface area is 170 Å². The molecule has 2 aromatic rings. The molecule has 2 heterocycles. The van der Waals surface area contributed by atoms with Gasteiger partial charge < -0.3 is 4.90 Å². The summed E-state index contributed by atoms with van der Waals surface area (Å²) >= 11 is 0. The molecule has 2 saturated heterocycles. The van der Waals surface area contributed by atoms with Crippen LogP contribution in [0.25, 0.3) is 0 Å². The van der Waals surface area contributed by atoms with Crippen molar-refractivity contribution in [1.29, 1.82) is 0 Å². The number of rotatable bonds is 3. The van der Waals surface area contributed by atoms with Gasteiger partial charge in [0.05, 0.1) is 23.7 Å². The highest BCUT2D eigenvalue weighted by atomic mass is 19.4. The Balaban J connectivity index is 1.43. The number of carbonyl (C=O) groups excluding carboxylic acids is 2. The van der Waals surface area contributed by atoms with E-state index in [2.05, 4.69) is 0 Å². The Bertz CT molecular complexity index is 953. The quantitative estimate of drug-likeness (QED) is 0.564. The van der Waals surface area contributed by atoms with Crippen molar-refractivity contribution in [2.45, 2.75) is 18.6 Å². The molecule has 9 heteroatoms. The minimum absolute atomic E-state index is 0.0275. The van der Waals surface area contributed by atoms with Crippen molar-refractivity contribution in [3.8, 4) is 0 Å². The molecular formula is C21H19F4N3O2. The third kappa shape index (κ3) is 3.89. The summed E-state index contributed by atoms with van der Waals surface area (Å²) in [5.74, 6) is -1.17. The van der Waals surface area contributed by atoms with Gasteiger partial charge in [-0.3, -0.25) is 14.5 Å². The fraction of sp³-hybridized carbons (Fsp3) is 0.333. The third-order valence-corrected chi connectivity index (χ3v) is 5.50. The molecule has 2 aliphatic rings. The minimum Gasteiger partial charge on any atom is -0.369 e. The molecule has 0 N–H and O–H groups in total. The van der Waals surface area contributed by atoms with Crippen LogP contribution in [-0.2, 0) is 15.8 Å². The molecule has 5 nitrogen and oxygen atoms in total. The number of halogens is 4. The van der Waals surface area contributed by atoms with Crippen LogP contribution in [0.1, 0.15) is 12.0 Å². The first-order chi connectivity index (χ1) is 14.2. The number of nitrogens with zero attached hydrogens (tertiary/aromatic N) is 3. The molecule has 4 rings (SSSR count). The lowest BCUT2D eigenvalue weighted by Gasteiger charge is -2.38. The molecule has 0 bridgehead atoms. The van der Waals surface area contributed by atoms with Crippen LogP contribution in [0.15, 0.2) is 48.5 Å². The smallest absolute Gasteiger partial charge is 0.369 e. The summed E-state index contributed by atoms with van der Waals surface area (Å²) < 4.78 is 52.0. The molecule has 0 spiro atoms. The van der Waals surface area contributed by atoms with Crippen LogP contribution in [0.2, 0.25) is 0 Å². The van der Waals surface area contributed by atoms with Crippen LogP contribution in [0, 0.1) is 5.82 Å². The van der Waals surface area contributed by atoms with E-state index in [1.807, 2.05) is 9.80 Å². The molecule has 2 fully saturated rings. The average molecular weight is 421 g/mol. The average Bonchev–Trinajstić information content (AvgIpc) is 3.02. The Hall–Kier alpha value is -2.94. The fourth-order valence-corrected chi connectivity index (χ4v) is 3.93. The van der Waals surface area contributed by atoms with E-state index in [9.17, 15) is 27.2 Å². The minimum atomic E-state index is -4.40. The van der Waals surface area contributed by atoms with E-state index in [1.165, 1.54) is 30.3 Å². The zero-order valence-electron chi connectivity index (χ0n) is 15.9. The second kappa shape index (κ2) is 7.71. The summed E-state index contributed by atoms with van der Waals surface area (Å²) in [5, 5.41) is 0. The lowest BCUT2D eigenvalue weighted by atomic mass is 10.1. The molecule has 0 saturated carbocycles. The second-order valence-corrected chi connectivity index (χ2v) is 7.33. The highest BCUT2D eigenvalue weighted by Gasteiger charge is 2.43. The molecule has 2 aliphatic heterocycles. The number of carbonyl (C=O) groups is 2.